The average molecular weight is 236 g/mol. The molecule has 0 atom stereocenters. The summed E-state index contributed by atoms with van der Waals surface area (Å²) in [7, 11) is 1.58. The summed E-state index contributed by atoms with van der Waals surface area (Å²) in [5.41, 5.74) is -0.436. The largest absolute Gasteiger partial charge is 0.481 e. The van der Waals surface area contributed by atoms with E-state index in [4.69, 9.17) is 5.11 Å². The maximum atomic E-state index is 12.0. The fraction of sp³-hybridized carbons (Fsp3) is 0.417. The summed E-state index contributed by atoms with van der Waals surface area (Å²) in [6.45, 7) is 3.42. The first-order valence-electron chi connectivity index (χ1n) is 5.25. The minimum absolute atomic E-state index is 0.109. The summed E-state index contributed by atoms with van der Waals surface area (Å²) in [5.74, 6) is -1.22. The number of carbonyl (C=O) groups excluding carboxylic acids is 1. The van der Waals surface area contributed by atoms with Crippen LogP contribution in [0.25, 0.3) is 0 Å². The zero-order valence-electron chi connectivity index (χ0n) is 10.2. The van der Waals surface area contributed by atoms with Crippen molar-refractivity contribution in [2.75, 3.05) is 7.05 Å². The van der Waals surface area contributed by atoms with Crippen molar-refractivity contribution in [1.29, 1.82) is 0 Å². The Hall–Kier alpha value is -1.91. The lowest BCUT2D eigenvalue weighted by atomic mass is 9.98. The van der Waals surface area contributed by atoms with Crippen LogP contribution < -0.4 is 0 Å². The quantitative estimate of drug-likeness (QED) is 0.858. The normalized spacial score (nSPS) is 11.0. The van der Waals surface area contributed by atoms with Crippen LogP contribution in [0.2, 0.25) is 0 Å². The molecule has 0 aliphatic carbocycles. The molecule has 5 heteroatoms. The Kier molecular flexibility index (Phi) is 3.83. The van der Waals surface area contributed by atoms with Gasteiger partial charge in [-0.1, -0.05) is 6.07 Å². The number of amides is 1. The molecule has 5 nitrogen and oxygen atoms in total. The van der Waals surface area contributed by atoms with Crippen molar-refractivity contribution >= 4 is 11.9 Å². The summed E-state index contributed by atoms with van der Waals surface area (Å²) < 4.78 is 0. The second-order valence-corrected chi connectivity index (χ2v) is 4.46. The third kappa shape index (κ3) is 3.27. The average Bonchev–Trinajstić information content (AvgIpc) is 2.26. The first-order chi connectivity index (χ1) is 7.84. The van der Waals surface area contributed by atoms with Gasteiger partial charge in [-0.3, -0.25) is 14.6 Å². The number of rotatable bonds is 4. The molecular formula is C12H16N2O3. The van der Waals surface area contributed by atoms with E-state index in [0.717, 1.165) is 0 Å². The van der Waals surface area contributed by atoms with E-state index in [0.29, 0.717) is 5.69 Å². The van der Waals surface area contributed by atoms with Crippen molar-refractivity contribution < 1.29 is 14.7 Å². The molecule has 1 rings (SSSR count). The van der Waals surface area contributed by atoms with E-state index in [2.05, 4.69) is 4.98 Å². The Labute approximate surface area is 100 Å². The molecule has 1 heterocycles. The van der Waals surface area contributed by atoms with Crippen molar-refractivity contribution in [3.63, 3.8) is 0 Å². The highest BCUT2D eigenvalue weighted by Crippen LogP contribution is 2.19. The number of pyridine rings is 1. The summed E-state index contributed by atoms with van der Waals surface area (Å²) in [6, 6.07) is 5.05. The Balaban J connectivity index is 2.86. The standard InChI is InChI=1S/C12H16N2O3/c1-12(2,8-10(15)16)14(3)11(17)9-6-4-5-7-13-9/h4-7H,8H2,1-3H3,(H,15,16). The van der Waals surface area contributed by atoms with Crippen molar-refractivity contribution in [3.05, 3.63) is 30.1 Å². The van der Waals surface area contributed by atoms with Gasteiger partial charge in [0.15, 0.2) is 0 Å². The highest BCUT2D eigenvalue weighted by molar-refractivity contribution is 5.92. The molecule has 0 aliphatic heterocycles. The number of carboxylic acid groups (broad SMARTS) is 1. The molecule has 0 fully saturated rings. The van der Waals surface area contributed by atoms with Gasteiger partial charge in [-0.25, -0.2) is 0 Å². The molecule has 0 radical (unpaired) electrons. The zero-order valence-corrected chi connectivity index (χ0v) is 10.2. The topological polar surface area (TPSA) is 70.5 Å². The smallest absolute Gasteiger partial charge is 0.305 e. The molecule has 0 aliphatic rings. The van der Waals surface area contributed by atoms with Crippen LogP contribution in [0.4, 0.5) is 0 Å². The summed E-state index contributed by atoms with van der Waals surface area (Å²) in [6.07, 6.45) is 1.42. The van der Waals surface area contributed by atoms with Gasteiger partial charge >= 0.3 is 5.97 Å². The zero-order chi connectivity index (χ0) is 13.1. The van der Waals surface area contributed by atoms with Crippen molar-refractivity contribution in [2.24, 2.45) is 0 Å². The molecule has 1 amide bonds. The van der Waals surface area contributed by atoms with Gasteiger partial charge < -0.3 is 10.0 Å². The lowest BCUT2D eigenvalue weighted by Gasteiger charge is -2.34. The van der Waals surface area contributed by atoms with E-state index < -0.39 is 11.5 Å². The molecule has 1 N–H and O–H groups in total. The predicted octanol–water partition coefficient (Wildman–Crippen LogP) is 1.41. The van der Waals surface area contributed by atoms with E-state index in [1.54, 1.807) is 39.1 Å². The highest BCUT2D eigenvalue weighted by atomic mass is 16.4. The van der Waals surface area contributed by atoms with Crippen molar-refractivity contribution in [3.8, 4) is 0 Å². The Bertz CT molecular complexity index is 415. The molecule has 0 bridgehead atoms. The fourth-order valence-corrected chi connectivity index (χ4v) is 1.42. The van der Waals surface area contributed by atoms with Crippen LogP contribution >= 0.6 is 0 Å². The molecule has 17 heavy (non-hydrogen) atoms. The van der Waals surface area contributed by atoms with Crippen LogP contribution in [0, 0.1) is 0 Å². The minimum atomic E-state index is -0.935. The van der Waals surface area contributed by atoms with E-state index >= 15 is 0 Å². The molecule has 92 valence electrons. The van der Waals surface area contributed by atoms with Crippen LogP contribution in [-0.4, -0.2) is 39.5 Å². The van der Waals surface area contributed by atoms with E-state index in [1.165, 1.54) is 11.1 Å². The van der Waals surface area contributed by atoms with Crippen LogP contribution in [0.5, 0.6) is 0 Å². The van der Waals surface area contributed by atoms with Gasteiger partial charge in [0.05, 0.1) is 6.42 Å². The number of aromatic nitrogens is 1. The fourth-order valence-electron chi connectivity index (χ4n) is 1.42. The molecule has 0 saturated heterocycles. The number of nitrogens with zero attached hydrogens (tertiary/aromatic N) is 2. The van der Waals surface area contributed by atoms with Gasteiger partial charge in [0.1, 0.15) is 5.69 Å². The monoisotopic (exact) mass is 236 g/mol. The van der Waals surface area contributed by atoms with Crippen LogP contribution in [0.3, 0.4) is 0 Å². The second kappa shape index (κ2) is 4.95. The maximum Gasteiger partial charge on any atom is 0.305 e. The molecule has 0 spiro atoms. The Morgan fingerprint density at radius 3 is 2.53 bits per heavy atom. The van der Waals surface area contributed by atoms with Crippen molar-refractivity contribution in [2.45, 2.75) is 25.8 Å². The van der Waals surface area contributed by atoms with Gasteiger partial charge in [0, 0.05) is 18.8 Å². The maximum absolute atomic E-state index is 12.0. The summed E-state index contributed by atoms with van der Waals surface area (Å²) in [5, 5.41) is 8.80. The number of hydrogen-bond acceptors (Lipinski definition) is 3. The molecule has 0 aromatic carbocycles. The van der Waals surface area contributed by atoms with Crippen LogP contribution in [0.15, 0.2) is 24.4 Å². The van der Waals surface area contributed by atoms with Gasteiger partial charge in [0.25, 0.3) is 5.91 Å². The molecule has 1 aromatic rings. The summed E-state index contributed by atoms with van der Waals surface area (Å²) >= 11 is 0. The summed E-state index contributed by atoms with van der Waals surface area (Å²) in [4.78, 5) is 28.1. The third-order valence-corrected chi connectivity index (χ3v) is 2.68. The third-order valence-electron chi connectivity index (χ3n) is 2.68. The number of carboxylic acids is 1. The highest BCUT2D eigenvalue weighted by Gasteiger charge is 2.31. The lowest BCUT2D eigenvalue weighted by molar-refractivity contribution is -0.139. The number of aliphatic carboxylic acids is 1. The van der Waals surface area contributed by atoms with Crippen LogP contribution in [0.1, 0.15) is 30.8 Å². The van der Waals surface area contributed by atoms with E-state index in [1.807, 2.05) is 0 Å². The van der Waals surface area contributed by atoms with E-state index in [-0.39, 0.29) is 12.3 Å². The SMILES string of the molecule is CN(C(=O)c1ccccn1)C(C)(C)CC(=O)O. The first-order valence-corrected chi connectivity index (χ1v) is 5.25. The van der Waals surface area contributed by atoms with Crippen LogP contribution in [-0.2, 0) is 4.79 Å². The van der Waals surface area contributed by atoms with Crippen molar-refractivity contribution in [1.82, 2.24) is 9.88 Å². The van der Waals surface area contributed by atoms with Gasteiger partial charge in [0.2, 0.25) is 0 Å². The number of hydrogen-bond donors (Lipinski definition) is 1. The Morgan fingerprint density at radius 2 is 2.06 bits per heavy atom. The van der Waals surface area contributed by atoms with Gasteiger partial charge in [-0.05, 0) is 26.0 Å². The number of carbonyl (C=O) groups is 2. The molecule has 0 saturated carbocycles. The van der Waals surface area contributed by atoms with E-state index in [9.17, 15) is 9.59 Å². The minimum Gasteiger partial charge on any atom is -0.481 e. The first kappa shape index (κ1) is 13.2. The molecular weight excluding hydrogens is 220 g/mol. The van der Waals surface area contributed by atoms with Gasteiger partial charge in [-0.15, -0.1) is 0 Å². The molecule has 1 aromatic heterocycles. The Morgan fingerprint density at radius 1 is 1.41 bits per heavy atom. The molecule has 0 unspecified atom stereocenters. The lowest BCUT2D eigenvalue weighted by Crippen LogP contribution is -2.46. The predicted molar refractivity (Wildman–Crippen MR) is 62.7 cm³/mol. The van der Waals surface area contributed by atoms with Gasteiger partial charge in [-0.2, -0.15) is 0 Å². The second-order valence-electron chi connectivity index (χ2n) is 4.46.